The summed E-state index contributed by atoms with van der Waals surface area (Å²) in [5.41, 5.74) is -0.0820. The molecule has 0 unspecified atom stereocenters. The maximum atomic E-state index is 14.2. The molecule has 0 aliphatic carbocycles. The molecule has 0 aromatic heterocycles. The van der Waals surface area contributed by atoms with Gasteiger partial charge in [0.15, 0.2) is 5.78 Å². The van der Waals surface area contributed by atoms with E-state index in [1.54, 1.807) is 11.0 Å². The fourth-order valence-corrected chi connectivity index (χ4v) is 4.97. The number of fused-ring (bicyclic) bond motifs is 1. The van der Waals surface area contributed by atoms with E-state index in [2.05, 4.69) is 10.6 Å². The van der Waals surface area contributed by atoms with Crippen molar-refractivity contribution in [1.82, 2.24) is 15.5 Å². The minimum absolute atomic E-state index is 0.0358. The molecule has 0 atom stereocenters. The van der Waals surface area contributed by atoms with Gasteiger partial charge in [-0.3, -0.25) is 9.59 Å². The summed E-state index contributed by atoms with van der Waals surface area (Å²) in [4.78, 5) is 41.7. The number of ketones is 1. The Labute approximate surface area is 214 Å². The molecule has 0 radical (unpaired) electrons. The van der Waals surface area contributed by atoms with Crippen LogP contribution in [0.4, 0.5) is 19.3 Å². The molecule has 2 heterocycles. The lowest BCUT2D eigenvalue weighted by atomic mass is 9.77. The van der Waals surface area contributed by atoms with Gasteiger partial charge in [-0.1, -0.05) is 6.07 Å². The first kappa shape index (κ1) is 26.5. The summed E-state index contributed by atoms with van der Waals surface area (Å²) in [6.45, 7) is 4.00. The van der Waals surface area contributed by atoms with Crippen molar-refractivity contribution in [3.8, 4) is 0 Å². The van der Waals surface area contributed by atoms with Crippen LogP contribution in [-0.2, 0) is 6.54 Å². The number of hydrogen-bond donors (Lipinski definition) is 3. The van der Waals surface area contributed by atoms with Gasteiger partial charge in [-0.25, -0.2) is 13.6 Å². The molecule has 0 saturated carbocycles. The second kappa shape index (κ2) is 10.1. The molecule has 1 fully saturated rings. The Balaban J connectivity index is 1.35. The summed E-state index contributed by atoms with van der Waals surface area (Å²) in [6, 6.07) is 8.01. The van der Waals surface area contributed by atoms with Gasteiger partial charge in [-0.15, -0.1) is 0 Å². The summed E-state index contributed by atoms with van der Waals surface area (Å²) in [5, 5.41) is 15.1. The number of likely N-dealkylation sites (tertiary alicyclic amines) is 1. The highest BCUT2D eigenvalue weighted by Crippen LogP contribution is 2.42. The van der Waals surface area contributed by atoms with Crippen LogP contribution in [0, 0.1) is 11.6 Å². The number of halogens is 2. The molecule has 4 rings (SSSR count). The van der Waals surface area contributed by atoms with Crippen LogP contribution in [0.25, 0.3) is 0 Å². The smallest absolute Gasteiger partial charge is 0.317 e. The lowest BCUT2D eigenvalue weighted by Crippen LogP contribution is -2.59. The molecule has 0 bridgehead atoms. The number of rotatable bonds is 5. The first-order valence-corrected chi connectivity index (χ1v) is 12.3. The van der Waals surface area contributed by atoms with Crippen molar-refractivity contribution in [2.45, 2.75) is 50.8 Å². The molecule has 10 heteroatoms. The van der Waals surface area contributed by atoms with Crippen molar-refractivity contribution in [3.63, 3.8) is 0 Å². The third kappa shape index (κ3) is 5.74. The van der Waals surface area contributed by atoms with Gasteiger partial charge in [0, 0.05) is 50.9 Å². The van der Waals surface area contributed by atoms with Crippen LogP contribution >= 0.6 is 0 Å². The summed E-state index contributed by atoms with van der Waals surface area (Å²) in [6.07, 6.45) is 1.44. The van der Waals surface area contributed by atoms with Crippen molar-refractivity contribution in [1.29, 1.82) is 0 Å². The first-order valence-electron chi connectivity index (χ1n) is 12.3. The highest BCUT2D eigenvalue weighted by molar-refractivity contribution is 6.04. The quantitative estimate of drug-likeness (QED) is 0.569. The molecule has 1 spiro atoms. The van der Waals surface area contributed by atoms with Crippen LogP contribution in [0.5, 0.6) is 0 Å². The van der Waals surface area contributed by atoms with Gasteiger partial charge in [0.25, 0.3) is 5.91 Å². The van der Waals surface area contributed by atoms with Crippen molar-refractivity contribution >= 4 is 23.4 Å². The maximum absolute atomic E-state index is 14.2. The van der Waals surface area contributed by atoms with E-state index in [0.717, 1.165) is 0 Å². The zero-order valence-electron chi connectivity index (χ0n) is 21.2. The van der Waals surface area contributed by atoms with Gasteiger partial charge in [0.2, 0.25) is 0 Å². The molecular weight excluding hydrogens is 482 g/mol. The number of carbonyl (C=O) groups excluding carboxylic acids is 3. The lowest BCUT2D eigenvalue weighted by Gasteiger charge is -2.50. The van der Waals surface area contributed by atoms with Crippen molar-refractivity contribution in [3.05, 3.63) is 64.7 Å². The molecule has 2 aromatic rings. The molecule has 3 amide bonds. The molecular formula is C27H32F2N4O4. The number of benzene rings is 2. The van der Waals surface area contributed by atoms with Gasteiger partial charge in [-0.2, -0.15) is 0 Å². The number of nitrogens with zero attached hydrogens (tertiary/aromatic N) is 2. The number of Topliss-reactive ketones (excluding diaryl/α,β-unsaturated/α-hetero) is 1. The predicted molar refractivity (Wildman–Crippen MR) is 135 cm³/mol. The number of aliphatic hydroxyl groups is 1. The summed E-state index contributed by atoms with van der Waals surface area (Å²) in [7, 11) is 1.91. The Morgan fingerprint density at radius 2 is 1.78 bits per heavy atom. The molecule has 3 N–H and O–H groups in total. The van der Waals surface area contributed by atoms with Crippen molar-refractivity contribution < 1.29 is 28.3 Å². The van der Waals surface area contributed by atoms with Gasteiger partial charge in [0.05, 0.1) is 16.7 Å². The molecule has 37 heavy (non-hydrogen) atoms. The summed E-state index contributed by atoms with van der Waals surface area (Å²) >= 11 is 0. The van der Waals surface area contributed by atoms with Crippen LogP contribution < -0.4 is 15.5 Å². The van der Waals surface area contributed by atoms with Crippen LogP contribution in [0.15, 0.2) is 36.4 Å². The van der Waals surface area contributed by atoms with Gasteiger partial charge in [0.1, 0.15) is 11.6 Å². The summed E-state index contributed by atoms with van der Waals surface area (Å²) < 4.78 is 27.9. The number of carbonyl (C=O) groups is 3. The van der Waals surface area contributed by atoms with E-state index in [1.165, 1.54) is 44.2 Å². The molecule has 2 aliphatic rings. The SMILES string of the molecule is CN1c2ccc(F)cc2C(=O)CC12CCN(C(=O)NCc1ccc(F)c(C(=O)NCC(C)(C)O)c1)CC2. The topological polar surface area (TPSA) is 102 Å². The third-order valence-corrected chi connectivity index (χ3v) is 7.20. The average molecular weight is 515 g/mol. The number of anilines is 1. The average Bonchev–Trinajstić information content (AvgIpc) is 2.85. The predicted octanol–water partition coefficient (Wildman–Crippen LogP) is 3.23. The van der Waals surface area contributed by atoms with Crippen molar-refractivity contribution in [2.24, 2.45) is 0 Å². The van der Waals surface area contributed by atoms with Crippen molar-refractivity contribution in [2.75, 3.05) is 31.6 Å². The third-order valence-electron chi connectivity index (χ3n) is 7.20. The zero-order chi connectivity index (χ0) is 27.0. The van der Waals surface area contributed by atoms with E-state index in [0.29, 0.717) is 42.7 Å². The number of hydrogen-bond acceptors (Lipinski definition) is 5. The number of piperidine rings is 1. The fraction of sp³-hybridized carbons (Fsp3) is 0.444. The van der Waals surface area contributed by atoms with E-state index in [4.69, 9.17) is 0 Å². The fourth-order valence-electron chi connectivity index (χ4n) is 4.97. The van der Waals surface area contributed by atoms with Crippen LogP contribution in [0.1, 0.15) is 59.4 Å². The van der Waals surface area contributed by atoms with E-state index in [-0.39, 0.29) is 36.9 Å². The normalized spacial score (nSPS) is 17.0. The van der Waals surface area contributed by atoms with Crippen LogP contribution in [0.2, 0.25) is 0 Å². The van der Waals surface area contributed by atoms with Gasteiger partial charge < -0.3 is 25.5 Å². The molecule has 198 valence electrons. The van der Waals surface area contributed by atoms with E-state index in [9.17, 15) is 28.3 Å². The van der Waals surface area contributed by atoms with E-state index < -0.39 is 28.7 Å². The lowest BCUT2D eigenvalue weighted by molar-refractivity contribution is 0.0692. The van der Waals surface area contributed by atoms with E-state index in [1.807, 2.05) is 11.9 Å². The van der Waals surface area contributed by atoms with E-state index >= 15 is 0 Å². The number of urea groups is 1. The Kier molecular flexibility index (Phi) is 7.23. The van der Waals surface area contributed by atoms with Gasteiger partial charge in [-0.05, 0) is 62.6 Å². The van der Waals surface area contributed by atoms with Gasteiger partial charge >= 0.3 is 6.03 Å². The second-order valence-corrected chi connectivity index (χ2v) is 10.5. The molecule has 2 aliphatic heterocycles. The second-order valence-electron chi connectivity index (χ2n) is 10.5. The van der Waals surface area contributed by atoms with Crippen LogP contribution in [0.3, 0.4) is 0 Å². The first-order chi connectivity index (χ1) is 17.4. The highest BCUT2D eigenvalue weighted by Gasteiger charge is 2.45. The molecule has 2 aromatic carbocycles. The standard InChI is InChI=1S/C27H32F2N4O4/c1-26(2,37)16-31-24(35)19-12-17(4-6-21(19)29)15-30-25(36)33-10-8-27(9-11-33)14-23(34)20-13-18(28)5-7-22(20)32(27)3/h4-7,12-13,37H,8-11,14-16H2,1-3H3,(H,30,36)(H,31,35). The molecule has 8 nitrogen and oxygen atoms in total. The zero-order valence-corrected chi connectivity index (χ0v) is 21.2. The van der Waals surface area contributed by atoms with Crippen LogP contribution in [-0.4, -0.2) is 65.5 Å². The number of nitrogens with one attached hydrogen (secondary N) is 2. The summed E-state index contributed by atoms with van der Waals surface area (Å²) in [5.74, 6) is -1.88. The Morgan fingerprint density at radius 3 is 2.46 bits per heavy atom. The largest absolute Gasteiger partial charge is 0.389 e. The Hall–Kier alpha value is -3.53. The highest BCUT2D eigenvalue weighted by atomic mass is 19.1. The minimum Gasteiger partial charge on any atom is -0.389 e. The Morgan fingerprint density at radius 1 is 1.08 bits per heavy atom. The number of amides is 3. The molecule has 1 saturated heterocycles. The maximum Gasteiger partial charge on any atom is 0.317 e. The monoisotopic (exact) mass is 514 g/mol. The Bertz CT molecular complexity index is 1220. The minimum atomic E-state index is -1.13.